The summed E-state index contributed by atoms with van der Waals surface area (Å²) in [5.41, 5.74) is 1.79. The molecule has 0 radical (unpaired) electrons. The first-order valence-corrected chi connectivity index (χ1v) is 7.40. The average molecular weight is 247 g/mol. The summed E-state index contributed by atoms with van der Waals surface area (Å²) in [7, 11) is 0. The van der Waals surface area contributed by atoms with Crippen LogP contribution in [0.1, 0.15) is 69.8 Å². The molecule has 3 heteroatoms. The van der Waals surface area contributed by atoms with Gasteiger partial charge in [0.2, 0.25) is 0 Å². The fourth-order valence-corrected chi connectivity index (χ4v) is 2.89. The van der Waals surface area contributed by atoms with Crippen molar-refractivity contribution < 1.29 is 0 Å². The Morgan fingerprint density at radius 3 is 2.67 bits per heavy atom. The lowest BCUT2D eigenvalue weighted by Gasteiger charge is -2.33. The average Bonchev–Trinajstić information content (AvgIpc) is 3.05. The van der Waals surface area contributed by atoms with Crippen molar-refractivity contribution in [3.8, 4) is 0 Å². The molecule has 0 aromatic carbocycles. The molecule has 1 aromatic heterocycles. The number of aromatic amines is 1. The van der Waals surface area contributed by atoms with Crippen LogP contribution in [0.25, 0.3) is 0 Å². The summed E-state index contributed by atoms with van der Waals surface area (Å²) in [5.74, 6) is 1.88. The van der Waals surface area contributed by atoms with E-state index in [9.17, 15) is 0 Å². The molecule has 0 aliphatic heterocycles. The van der Waals surface area contributed by atoms with Crippen molar-refractivity contribution in [2.75, 3.05) is 0 Å². The Labute approximate surface area is 110 Å². The van der Waals surface area contributed by atoms with E-state index in [1.54, 1.807) is 0 Å². The van der Waals surface area contributed by atoms with E-state index in [2.05, 4.69) is 29.1 Å². The van der Waals surface area contributed by atoms with Crippen LogP contribution in [0.15, 0.2) is 6.20 Å². The van der Waals surface area contributed by atoms with Gasteiger partial charge in [0.25, 0.3) is 0 Å². The summed E-state index contributed by atoms with van der Waals surface area (Å²) >= 11 is 0. The number of nitrogens with zero attached hydrogens (tertiary/aromatic N) is 1. The molecule has 0 saturated heterocycles. The molecule has 1 heterocycles. The molecule has 0 amide bonds. The maximum absolute atomic E-state index is 4.59. The third kappa shape index (κ3) is 2.94. The van der Waals surface area contributed by atoms with Gasteiger partial charge in [-0.1, -0.05) is 13.8 Å². The Kier molecular flexibility index (Phi) is 3.18. The largest absolute Gasteiger partial charge is 0.345 e. The Balaban J connectivity index is 1.55. The van der Waals surface area contributed by atoms with E-state index >= 15 is 0 Å². The number of hydrogen-bond acceptors (Lipinski definition) is 2. The molecule has 1 aromatic rings. The molecular formula is C15H25N3. The predicted molar refractivity (Wildman–Crippen MR) is 73.4 cm³/mol. The highest BCUT2D eigenvalue weighted by Crippen LogP contribution is 2.41. The standard InChI is InChI=1S/C15H25N3/c1-15(2)7-5-11(6-8-15)14-17-10-13(18-14)9-16-12-3-4-12/h10-12,16H,3-9H2,1-2H3,(H,17,18). The van der Waals surface area contributed by atoms with E-state index in [1.165, 1.54) is 50.0 Å². The SMILES string of the molecule is CC1(C)CCC(c2ncc(CNC3CC3)[nH]2)CC1. The smallest absolute Gasteiger partial charge is 0.109 e. The molecule has 2 saturated carbocycles. The quantitative estimate of drug-likeness (QED) is 0.856. The van der Waals surface area contributed by atoms with Gasteiger partial charge in [-0.2, -0.15) is 0 Å². The van der Waals surface area contributed by atoms with Crippen molar-refractivity contribution in [3.63, 3.8) is 0 Å². The lowest BCUT2D eigenvalue weighted by atomic mass is 9.73. The van der Waals surface area contributed by atoms with Crippen LogP contribution >= 0.6 is 0 Å². The highest BCUT2D eigenvalue weighted by atomic mass is 15.0. The van der Waals surface area contributed by atoms with Crippen LogP contribution in [0.3, 0.4) is 0 Å². The third-order valence-electron chi connectivity index (χ3n) is 4.53. The third-order valence-corrected chi connectivity index (χ3v) is 4.53. The van der Waals surface area contributed by atoms with E-state index in [4.69, 9.17) is 0 Å². The van der Waals surface area contributed by atoms with E-state index in [0.717, 1.165) is 12.6 Å². The van der Waals surface area contributed by atoms with Crippen molar-refractivity contribution in [3.05, 3.63) is 17.7 Å². The van der Waals surface area contributed by atoms with E-state index in [1.807, 2.05) is 6.20 Å². The molecule has 3 nitrogen and oxygen atoms in total. The van der Waals surface area contributed by atoms with Gasteiger partial charge in [-0.05, 0) is 43.9 Å². The molecule has 2 aliphatic carbocycles. The van der Waals surface area contributed by atoms with Crippen molar-refractivity contribution in [2.24, 2.45) is 5.41 Å². The highest BCUT2D eigenvalue weighted by Gasteiger charge is 2.29. The fraction of sp³-hybridized carbons (Fsp3) is 0.800. The minimum Gasteiger partial charge on any atom is -0.345 e. The first-order chi connectivity index (χ1) is 8.62. The van der Waals surface area contributed by atoms with Gasteiger partial charge < -0.3 is 10.3 Å². The summed E-state index contributed by atoms with van der Waals surface area (Å²) < 4.78 is 0. The molecule has 2 N–H and O–H groups in total. The Morgan fingerprint density at radius 2 is 2.00 bits per heavy atom. The zero-order valence-corrected chi connectivity index (χ0v) is 11.6. The van der Waals surface area contributed by atoms with Crippen molar-refractivity contribution >= 4 is 0 Å². The van der Waals surface area contributed by atoms with E-state index < -0.39 is 0 Å². The minimum absolute atomic E-state index is 0.541. The summed E-state index contributed by atoms with van der Waals surface area (Å²) in [6.07, 6.45) is 9.94. The summed E-state index contributed by atoms with van der Waals surface area (Å²) in [4.78, 5) is 8.11. The predicted octanol–water partition coefficient (Wildman–Crippen LogP) is 3.35. The van der Waals surface area contributed by atoms with Crippen molar-refractivity contribution in [1.29, 1.82) is 0 Å². The van der Waals surface area contributed by atoms with Gasteiger partial charge >= 0.3 is 0 Å². The number of nitrogens with one attached hydrogen (secondary N) is 2. The monoisotopic (exact) mass is 247 g/mol. The van der Waals surface area contributed by atoms with Gasteiger partial charge in [0.15, 0.2) is 0 Å². The Bertz CT molecular complexity index is 394. The Morgan fingerprint density at radius 1 is 1.28 bits per heavy atom. The van der Waals surface area contributed by atoms with Gasteiger partial charge in [-0.25, -0.2) is 4.98 Å². The highest BCUT2D eigenvalue weighted by molar-refractivity contribution is 5.07. The molecule has 2 aliphatic rings. The summed E-state index contributed by atoms with van der Waals surface area (Å²) in [6, 6.07) is 0.771. The van der Waals surface area contributed by atoms with Crippen molar-refractivity contribution in [1.82, 2.24) is 15.3 Å². The molecule has 0 bridgehead atoms. The van der Waals surface area contributed by atoms with Gasteiger partial charge in [0, 0.05) is 30.4 Å². The fourth-order valence-electron chi connectivity index (χ4n) is 2.89. The van der Waals surface area contributed by atoms with E-state index in [0.29, 0.717) is 11.3 Å². The second kappa shape index (κ2) is 4.69. The zero-order chi connectivity index (χ0) is 12.6. The summed E-state index contributed by atoms with van der Waals surface area (Å²) in [6.45, 7) is 5.72. The van der Waals surface area contributed by atoms with Gasteiger partial charge in [0.05, 0.1) is 0 Å². The van der Waals surface area contributed by atoms with Gasteiger partial charge in [-0.3, -0.25) is 0 Å². The van der Waals surface area contributed by atoms with Gasteiger partial charge in [-0.15, -0.1) is 0 Å². The van der Waals surface area contributed by atoms with Crippen LogP contribution < -0.4 is 5.32 Å². The van der Waals surface area contributed by atoms with Crippen LogP contribution in [-0.4, -0.2) is 16.0 Å². The molecule has 100 valence electrons. The second-order valence-corrected chi connectivity index (χ2v) is 6.89. The molecule has 0 atom stereocenters. The normalized spacial score (nSPS) is 24.3. The van der Waals surface area contributed by atoms with Crippen LogP contribution in [0.4, 0.5) is 0 Å². The first-order valence-electron chi connectivity index (χ1n) is 7.40. The molecule has 2 fully saturated rings. The lowest BCUT2D eigenvalue weighted by molar-refractivity contribution is 0.221. The molecule has 0 unspecified atom stereocenters. The lowest BCUT2D eigenvalue weighted by Crippen LogP contribution is -2.21. The number of H-pyrrole nitrogens is 1. The Hall–Kier alpha value is -0.830. The van der Waals surface area contributed by atoms with Crippen LogP contribution in [0.2, 0.25) is 0 Å². The maximum Gasteiger partial charge on any atom is 0.109 e. The topological polar surface area (TPSA) is 40.7 Å². The first kappa shape index (κ1) is 12.2. The van der Waals surface area contributed by atoms with E-state index in [-0.39, 0.29) is 0 Å². The number of rotatable bonds is 4. The van der Waals surface area contributed by atoms with Gasteiger partial charge in [0.1, 0.15) is 5.82 Å². The molecule has 3 rings (SSSR count). The maximum atomic E-state index is 4.59. The summed E-state index contributed by atoms with van der Waals surface area (Å²) in [5, 5.41) is 3.53. The second-order valence-electron chi connectivity index (χ2n) is 6.89. The van der Waals surface area contributed by atoms with Crippen LogP contribution in [0.5, 0.6) is 0 Å². The number of hydrogen-bond donors (Lipinski definition) is 2. The molecule has 0 spiro atoms. The van der Waals surface area contributed by atoms with Crippen LogP contribution in [-0.2, 0) is 6.54 Å². The van der Waals surface area contributed by atoms with Crippen LogP contribution in [0, 0.1) is 5.41 Å². The van der Waals surface area contributed by atoms with Crippen molar-refractivity contribution in [2.45, 2.75) is 70.9 Å². The number of imidazole rings is 1. The minimum atomic E-state index is 0.541. The number of aromatic nitrogens is 2. The molecular weight excluding hydrogens is 222 g/mol. The molecule has 18 heavy (non-hydrogen) atoms. The zero-order valence-electron chi connectivity index (χ0n) is 11.6.